The second-order valence-corrected chi connectivity index (χ2v) is 7.85. The third-order valence-electron chi connectivity index (χ3n) is 5.65. The molecule has 1 fully saturated rings. The number of thiocarbonyl (C=S) groups is 1. The van der Waals surface area contributed by atoms with E-state index in [1.54, 1.807) is 0 Å². The first-order valence-corrected chi connectivity index (χ1v) is 9.42. The van der Waals surface area contributed by atoms with Crippen molar-refractivity contribution in [3.05, 3.63) is 59.2 Å². The van der Waals surface area contributed by atoms with Crippen molar-refractivity contribution < 1.29 is 9.53 Å². The summed E-state index contributed by atoms with van der Waals surface area (Å²) in [5, 5.41) is 7.01. The Hall–Kier alpha value is -2.60. The van der Waals surface area contributed by atoms with Gasteiger partial charge < -0.3 is 20.3 Å². The van der Waals surface area contributed by atoms with Crippen molar-refractivity contribution in [3.8, 4) is 5.75 Å². The highest BCUT2D eigenvalue weighted by Crippen LogP contribution is 2.47. The van der Waals surface area contributed by atoms with Gasteiger partial charge in [0.05, 0.1) is 6.04 Å². The fourth-order valence-electron chi connectivity index (χ4n) is 4.03. The van der Waals surface area contributed by atoms with Gasteiger partial charge in [-0.15, -0.1) is 0 Å². The van der Waals surface area contributed by atoms with E-state index in [9.17, 15) is 4.79 Å². The van der Waals surface area contributed by atoms with Crippen LogP contribution in [0.5, 0.6) is 5.75 Å². The maximum Gasteiger partial charge on any atom is 0.236 e. The van der Waals surface area contributed by atoms with Crippen LogP contribution in [0.2, 0.25) is 0 Å². The quantitative estimate of drug-likeness (QED) is 0.780. The van der Waals surface area contributed by atoms with Crippen LogP contribution in [0.4, 0.5) is 5.69 Å². The second-order valence-electron chi connectivity index (χ2n) is 7.47. The number of amides is 1. The van der Waals surface area contributed by atoms with Crippen molar-refractivity contribution >= 4 is 28.9 Å². The van der Waals surface area contributed by atoms with Crippen molar-refractivity contribution in [3.63, 3.8) is 0 Å². The van der Waals surface area contributed by atoms with Crippen LogP contribution in [0.1, 0.15) is 29.7 Å². The van der Waals surface area contributed by atoms with E-state index in [2.05, 4.69) is 16.7 Å². The number of aryl methyl sites for hydroxylation is 2. The lowest BCUT2D eigenvalue weighted by atomic mass is 9.79. The minimum atomic E-state index is -0.871. The SMILES string of the molecule is Cc1ccc(NC(=O)[C@H]2[C@@H]3NC(=S)N(C)[C@@]2(C)Oc2ccccc23)c(C)c1. The van der Waals surface area contributed by atoms with Gasteiger partial charge in [-0.2, -0.15) is 0 Å². The number of anilines is 1. The average molecular weight is 382 g/mol. The molecular weight excluding hydrogens is 358 g/mol. The standard InChI is InChI=1S/C21H23N3O2S/c1-12-9-10-15(13(2)11-12)22-19(25)17-18-14-7-5-6-8-16(14)26-21(17,3)24(4)20(27)23-18/h5-11,17-18H,1-4H3,(H,22,25)(H,23,27)/t17-,18-,21+/m1/s1. The zero-order valence-corrected chi connectivity index (χ0v) is 16.7. The van der Waals surface area contributed by atoms with E-state index in [0.29, 0.717) is 5.11 Å². The summed E-state index contributed by atoms with van der Waals surface area (Å²) in [6, 6.07) is 13.6. The molecule has 2 N–H and O–H groups in total. The van der Waals surface area contributed by atoms with Gasteiger partial charge in [-0.05, 0) is 50.7 Å². The number of hydrogen-bond acceptors (Lipinski definition) is 3. The van der Waals surface area contributed by atoms with Crippen molar-refractivity contribution in [1.82, 2.24) is 10.2 Å². The minimum Gasteiger partial charge on any atom is -0.467 e. The highest BCUT2D eigenvalue weighted by molar-refractivity contribution is 7.80. The number of carbonyl (C=O) groups is 1. The molecule has 0 aliphatic carbocycles. The normalized spacial score (nSPS) is 25.9. The Morgan fingerprint density at radius 3 is 2.74 bits per heavy atom. The molecular formula is C21H23N3O2S. The number of fused-ring (bicyclic) bond motifs is 4. The van der Waals surface area contributed by atoms with Crippen LogP contribution < -0.4 is 15.4 Å². The molecule has 1 amide bonds. The minimum absolute atomic E-state index is 0.0918. The average Bonchev–Trinajstić information content (AvgIpc) is 2.62. The number of ether oxygens (including phenoxy) is 1. The lowest BCUT2D eigenvalue weighted by Crippen LogP contribution is -2.70. The van der Waals surface area contributed by atoms with Gasteiger partial charge in [0.25, 0.3) is 0 Å². The van der Waals surface area contributed by atoms with Crippen molar-refractivity contribution in [2.24, 2.45) is 5.92 Å². The zero-order valence-electron chi connectivity index (χ0n) is 15.9. The number of rotatable bonds is 2. The number of carbonyl (C=O) groups excluding carboxylic acids is 1. The van der Waals surface area contributed by atoms with Crippen molar-refractivity contribution in [1.29, 1.82) is 0 Å². The first kappa shape index (κ1) is 17.8. The van der Waals surface area contributed by atoms with E-state index < -0.39 is 11.6 Å². The maximum absolute atomic E-state index is 13.4. The van der Waals surface area contributed by atoms with Crippen LogP contribution in [-0.4, -0.2) is 28.7 Å². The third kappa shape index (κ3) is 2.75. The number of hydrogen-bond donors (Lipinski definition) is 2. The summed E-state index contributed by atoms with van der Waals surface area (Å²) < 4.78 is 6.33. The topological polar surface area (TPSA) is 53.6 Å². The van der Waals surface area contributed by atoms with Gasteiger partial charge in [-0.25, -0.2) is 0 Å². The van der Waals surface area contributed by atoms with Crippen LogP contribution in [0.15, 0.2) is 42.5 Å². The van der Waals surface area contributed by atoms with E-state index in [0.717, 1.165) is 28.1 Å². The number of nitrogens with one attached hydrogen (secondary N) is 2. The van der Waals surface area contributed by atoms with Gasteiger partial charge in [0.2, 0.25) is 5.91 Å². The summed E-state index contributed by atoms with van der Waals surface area (Å²) in [5.74, 6) is 0.220. The number of benzene rings is 2. The summed E-state index contributed by atoms with van der Waals surface area (Å²) in [6.45, 7) is 5.96. The van der Waals surface area contributed by atoms with Crippen LogP contribution in [0.25, 0.3) is 0 Å². The monoisotopic (exact) mass is 381 g/mol. The third-order valence-corrected chi connectivity index (χ3v) is 6.04. The number of para-hydroxylation sites is 1. The Morgan fingerprint density at radius 2 is 2.00 bits per heavy atom. The first-order chi connectivity index (χ1) is 12.8. The first-order valence-electron chi connectivity index (χ1n) is 9.01. The predicted octanol–water partition coefficient (Wildman–Crippen LogP) is 3.53. The molecule has 2 aliphatic heterocycles. The van der Waals surface area contributed by atoms with Gasteiger partial charge in [0.15, 0.2) is 10.8 Å². The molecule has 0 spiro atoms. The van der Waals surface area contributed by atoms with E-state index in [1.807, 2.05) is 69.1 Å². The van der Waals surface area contributed by atoms with Crippen LogP contribution in [0.3, 0.4) is 0 Å². The molecule has 2 heterocycles. The molecule has 2 aromatic rings. The summed E-state index contributed by atoms with van der Waals surface area (Å²) in [5.41, 5.74) is 3.09. The molecule has 1 saturated heterocycles. The molecule has 0 radical (unpaired) electrons. The molecule has 140 valence electrons. The Labute approximate surface area is 164 Å². The zero-order chi connectivity index (χ0) is 19.3. The Balaban J connectivity index is 1.74. The van der Waals surface area contributed by atoms with Gasteiger partial charge in [-0.1, -0.05) is 35.9 Å². The van der Waals surface area contributed by atoms with E-state index in [1.165, 1.54) is 0 Å². The lowest BCUT2D eigenvalue weighted by Gasteiger charge is -2.55. The van der Waals surface area contributed by atoms with Crippen molar-refractivity contribution in [2.45, 2.75) is 32.5 Å². The Morgan fingerprint density at radius 1 is 1.26 bits per heavy atom. The fraction of sp³-hybridized carbons (Fsp3) is 0.333. The second kappa shape index (κ2) is 6.23. The summed E-state index contributed by atoms with van der Waals surface area (Å²) in [4.78, 5) is 15.2. The van der Waals surface area contributed by atoms with Crippen LogP contribution in [0, 0.1) is 19.8 Å². The summed E-state index contributed by atoms with van der Waals surface area (Å²) in [6.07, 6.45) is 0. The molecule has 5 nitrogen and oxygen atoms in total. The van der Waals surface area contributed by atoms with Crippen molar-refractivity contribution in [2.75, 3.05) is 12.4 Å². The van der Waals surface area contributed by atoms with E-state index in [-0.39, 0.29) is 11.9 Å². The largest absolute Gasteiger partial charge is 0.467 e. The molecule has 27 heavy (non-hydrogen) atoms. The van der Waals surface area contributed by atoms with E-state index >= 15 is 0 Å². The molecule has 6 heteroatoms. The molecule has 0 aromatic heterocycles. The van der Waals surface area contributed by atoms with Gasteiger partial charge in [0, 0.05) is 18.3 Å². The van der Waals surface area contributed by atoms with Gasteiger partial charge >= 0.3 is 0 Å². The Kier molecular flexibility index (Phi) is 4.11. The Bertz CT molecular complexity index is 945. The lowest BCUT2D eigenvalue weighted by molar-refractivity contribution is -0.146. The molecule has 2 aliphatic rings. The van der Waals surface area contributed by atoms with Crippen LogP contribution >= 0.6 is 12.2 Å². The predicted molar refractivity (Wildman–Crippen MR) is 110 cm³/mol. The number of nitrogens with zero attached hydrogens (tertiary/aromatic N) is 1. The summed E-state index contributed by atoms with van der Waals surface area (Å²) >= 11 is 5.49. The van der Waals surface area contributed by atoms with Gasteiger partial charge in [-0.3, -0.25) is 4.79 Å². The highest BCUT2D eigenvalue weighted by Gasteiger charge is 2.57. The van der Waals surface area contributed by atoms with E-state index in [4.69, 9.17) is 17.0 Å². The molecule has 0 unspecified atom stereocenters. The maximum atomic E-state index is 13.4. The molecule has 2 aromatic carbocycles. The summed E-state index contributed by atoms with van der Waals surface area (Å²) in [7, 11) is 1.86. The molecule has 3 atom stereocenters. The molecule has 0 saturated carbocycles. The molecule has 4 rings (SSSR count). The van der Waals surface area contributed by atoms with Gasteiger partial charge in [0.1, 0.15) is 11.7 Å². The van der Waals surface area contributed by atoms with Crippen LogP contribution in [-0.2, 0) is 4.79 Å². The highest BCUT2D eigenvalue weighted by atomic mass is 32.1. The smallest absolute Gasteiger partial charge is 0.236 e. The fourth-order valence-corrected chi connectivity index (χ4v) is 4.34. The molecule has 2 bridgehead atoms.